The molecule has 0 radical (unpaired) electrons. The van der Waals surface area contributed by atoms with Gasteiger partial charge in [0.15, 0.2) is 17.3 Å². The van der Waals surface area contributed by atoms with Crippen LogP contribution in [0.3, 0.4) is 0 Å². The number of ketones is 2. The summed E-state index contributed by atoms with van der Waals surface area (Å²) in [5.74, 6) is -10.7. The molecule has 6 rings (SSSR count). The van der Waals surface area contributed by atoms with Gasteiger partial charge in [0.05, 0.1) is 22.5 Å². The number of aromatic nitrogens is 3. The van der Waals surface area contributed by atoms with Crippen LogP contribution in [0.1, 0.15) is 70.2 Å². The van der Waals surface area contributed by atoms with Crippen molar-refractivity contribution in [3.8, 4) is 11.1 Å². The first kappa shape index (κ1) is 30.6. The molecular formula is C32H23F8N3O2. The summed E-state index contributed by atoms with van der Waals surface area (Å²) in [6.45, 7) is 0.183. The van der Waals surface area contributed by atoms with E-state index in [1.54, 1.807) is 6.07 Å². The van der Waals surface area contributed by atoms with Crippen LogP contribution in [0.4, 0.5) is 35.1 Å². The van der Waals surface area contributed by atoms with Crippen molar-refractivity contribution in [2.24, 2.45) is 5.92 Å². The molecule has 0 saturated heterocycles. The number of carbonyl (C=O) groups is 2. The Hall–Kier alpha value is -4.42. The van der Waals surface area contributed by atoms with Gasteiger partial charge >= 0.3 is 6.18 Å². The number of hydrogen-bond donors (Lipinski definition) is 0. The Kier molecular flexibility index (Phi) is 7.40. The highest BCUT2D eigenvalue weighted by Gasteiger charge is 2.68. The van der Waals surface area contributed by atoms with E-state index in [0.717, 1.165) is 18.2 Å². The molecule has 0 spiro atoms. The minimum Gasteiger partial charge on any atom is -0.298 e. The smallest absolute Gasteiger partial charge is 0.298 e. The van der Waals surface area contributed by atoms with Gasteiger partial charge in [-0.05, 0) is 61.2 Å². The lowest BCUT2D eigenvalue weighted by atomic mass is 9.86. The van der Waals surface area contributed by atoms with Gasteiger partial charge in [0.2, 0.25) is 0 Å². The van der Waals surface area contributed by atoms with E-state index >= 15 is 0 Å². The van der Waals surface area contributed by atoms with Crippen LogP contribution in [0.15, 0.2) is 54.7 Å². The van der Waals surface area contributed by atoms with E-state index in [4.69, 9.17) is 0 Å². The van der Waals surface area contributed by atoms with Gasteiger partial charge < -0.3 is 0 Å². The van der Waals surface area contributed by atoms with Gasteiger partial charge in [-0.2, -0.15) is 18.3 Å². The maximum atomic E-state index is 14.8. The Morgan fingerprint density at radius 3 is 2.42 bits per heavy atom. The molecule has 234 valence electrons. The molecule has 2 aliphatic rings. The van der Waals surface area contributed by atoms with E-state index in [0.29, 0.717) is 17.2 Å². The van der Waals surface area contributed by atoms with Crippen LogP contribution in [-0.4, -0.2) is 26.3 Å². The number of Topliss-reactive ketones (excluding diaryl/α,β-unsaturated/α-hetero) is 2. The number of carbonyl (C=O) groups excluding carboxylic acids is 2. The quantitative estimate of drug-likeness (QED) is 0.140. The molecule has 2 aliphatic carbocycles. The van der Waals surface area contributed by atoms with Gasteiger partial charge in [-0.15, -0.1) is 0 Å². The molecule has 0 amide bonds. The van der Waals surface area contributed by atoms with E-state index in [9.17, 15) is 44.7 Å². The number of rotatable bonds is 9. The van der Waals surface area contributed by atoms with Crippen LogP contribution in [-0.2, 0) is 29.9 Å². The molecule has 13 heteroatoms. The number of pyridine rings is 1. The van der Waals surface area contributed by atoms with Gasteiger partial charge in [-0.25, -0.2) is 22.0 Å². The third-order valence-electron chi connectivity index (χ3n) is 8.28. The minimum absolute atomic E-state index is 0.00566. The van der Waals surface area contributed by atoms with E-state index in [-0.39, 0.29) is 40.0 Å². The first-order valence-corrected chi connectivity index (χ1v) is 13.9. The molecule has 2 aromatic carbocycles. The number of benzene rings is 2. The van der Waals surface area contributed by atoms with Gasteiger partial charge in [-0.3, -0.25) is 19.3 Å². The number of alkyl halides is 5. The summed E-state index contributed by atoms with van der Waals surface area (Å²) in [4.78, 5) is 29.8. The van der Waals surface area contributed by atoms with Crippen LogP contribution >= 0.6 is 0 Å². The maximum Gasteiger partial charge on any atom is 0.433 e. The fourth-order valence-electron chi connectivity index (χ4n) is 6.29. The Morgan fingerprint density at radius 2 is 1.76 bits per heavy atom. The Bertz CT molecular complexity index is 1830. The molecule has 45 heavy (non-hydrogen) atoms. The van der Waals surface area contributed by atoms with Crippen molar-refractivity contribution >= 4 is 11.6 Å². The highest BCUT2D eigenvalue weighted by atomic mass is 19.4. The zero-order chi connectivity index (χ0) is 32.4. The normalized spacial score (nSPS) is 18.8. The summed E-state index contributed by atoms with van der Waals surface area (Å²) in [6, 6.07) is 9.53. The molecular weight excluding hydrogens is 610 g/mol. The van der Waals surface area contributed by atoms with Crippen molar-refractivity contribution in [3.05, 3.63) is 106 Å². The Balaban J connectivity index is 1.38. The van der Waals surface area contributed by atoms with Crippen molar-refractivity contribution in [3.63, 3.8) is 0 Å². The number of nitrogens with zero attached hydrogens (tertiary/aromatic N) is 3. The van der Waals surface area contributed by atoms with E-state index in [2.05, 4.69) is 10.1 Å². The monoisotopic (exact) mass is 633 g/mol. The van der Waals surface area contributed by atoms with Crippen molar-refractivity contribution < 1.29 is 44.7 Å². The van der Waals surface area contributed by atoms with E-state index in [1.807, 2.05) is 0 Å². The molecule has 2 aromatic heterocycles. The largest absolute Gasteiger partial charge is 0.433 e. The summed E-state index contributed by atoms with van der Waals surface area (Å²) in [5, 5.41) is 3.82. The van der Waals surface area contributed by atoms with Crippen LogP contribution in [0.5, 0.6) is 0 Å². The van der Waals surface area contributed by atoms with Crippen molar-refractivity contribution in [1.82, 2.24) is 14.8 Å². The second-order valence-corrected chi connectivity index (χ2v) is 11.4. The lowest BCUT2D eigenvalue weighted by Crippen LogP contribution is -2.25. The summed E-state index contributed by atoms with van der Waals surface area (Å²) in [6.07, 6.45) is -4.57. The van der Waals surface area contributed by atoms with Crippen LogP contribution in [0.2, 0.25) is 0 Å². The second kappa shape index (κ2) is 10.9. The van der Waals surface area contributed by atoms with Gasteiger partial charge in [0, 0.05) is 42.0 Å². The number of halogens is 8. The lowest BCUT2D eigenvalue weighted by Gasteiger charge is -2.21. The number of fused-ring (bicyclic) bond motifs is 3. The summed E-state index contributed by atoms with van der Waals surface area (Å²) in [5.41, 5.74) is -2.49. The molecule has 0 N–H and O–H groups in total. The van der Waals surface area contributed by atoms with E-state index < -0.39 is 83.1 Å². The summed E-state index contributed by atoms with van der Waals surface area (Å²) < 4.78 is 115. The molecule has 3 atom stereocenters. The van der Waals surface area contributed by atoms with Crippen LogP contribution < -0.4 is 0 Å². The average molecular weight is 634 g/mol. The first-order chi connectivity index (χ1) is 21.1. The minimum atomic E-state index is -5.22. The zero-order valence-electron chi connectivity index (χ0n) is 23.4. The number of hydrogen-bond acceptors (Lipinski definition) is 4. The second-order valence-electron chi connectivity index (χ2n) is 11.4. The molecule has 2 heterocycles. The van der Waals surface area contributed by atoms with Gasteiger partial charge in [-0.1, -0.05) is 12.1 Å². The third-order valence-corrected chi connectivity index (χ3v) is 8.28. The average Bonchev–Trinajstić information content (AvgIpc) is 3.61. The SMILES string of the molecule is CC(=O)c1cc(-c2cccnc2[C@@H](CC(=O)Cn2nc3c(c2C(F)(F)F)C(F)(F)C2CC32)Cc2cc(F)cc(F)c2)ccc1F. The molecule has 4 aromatic rings. The fraction of sp³-hybridized carbons (Fsp3) is 0.312. The van der Waals surface area contributed by atoms with Crippen molar-refractivity contribution in [2.45, 2.75) is 56.7 Å². The predicted octanol–water partition coefficient (Wildman–Crippen LogP) is 7.78. The third kappa shape index (κ3) is 5.64. The molecule has 0 bridgehead atoms. The van der Waals surface area contributed by atoms with Crippen LogP contribution in [0.25, 0.3) is 11.1 Å². The van der Waals surface area contributed by atoms with Crippen molar-refractivity contribution in [1.29, 1.82) is 0 Å². The fourth-order valence-corrected chi connectivity index (χ4v) is 6.29. The van der Waals surface area contributed by atoms with Gasteiger partial charge in [0.1, 0.15) is 24.0 Å². The van der Waals surface area contributed by atoms with E-state index in [1.165, 1.54) is 31.3 Å². The molecule has 5 nitrogen and oxygen atoms in total. The van der Waals surface area contributed by atoms with Crippen LogP contribution in [0, 0.1) is 23.4 Å². The Labute approximate surface area is 250 Å². The first-order valence-electron chi connectivity index (χ1n) is 13.9. The molecule has 2 unspecified atom stereocenters. The standard InChI is InChI=1S/C32H23F8N3O2/c1-15(44)23-11-17(4-5-26(23)35)22-3-2-6-41-28(22)18(7-16-8-19(33)12-20(34)9-16)10-21(45)14-43-30(32(38,39)40)27-29(42-43)24-13-25(24)31(27,36)37/h2-6,8-9,11-12,18,24-25H,7,10,13-14H2,1H3/t18-,24?,25?/m1/s1. The highest BCUT2D eigenvalue weighted by molar-refractivity contribution is 5.95. The lowest BCUT2D eigenvalue weighted by molar-refractivity contribution is -0.149. The molecule has 1 saturated carbocycles. The highest BCUT2D eigenvalue weighted by Crippen LogP contribution is 2.68. The summed E-state index contributed by atoms with van der Waals surface area (Å²) >= 11 is 0. The molecule has 0 aliphatic heterocycles. The predicted molar refractivity (Wildman–Crippen MR) is 144 cm³/mol. The van der Waals surface area contributed by atoms with Gasteiger partial charge in [0.25, 0.3) is 5.92 Å². The Morgan fingerprint density at radius 1 is 1.04 bits per heavy atom. The maximum absolute atomic E-state index is 14.8. The topological polar surface area (TPSA) is 64.8 Å². The van der Waals surface area contributed by atoms with Crippen molar-refractivity contribution in [2.75, 3.05) is 0 Å². The summed E-state index contributed by atoms with van der Waals surface area (Å²) in [7, 11) is 0. The molecule has 1 fully saturated rings. The zero-order valence-corrected chi connectivity index (χ0v) is 23.4.